The van der Waals surface area contributed by atoms with E-state index in [4.69, 9.17) is 9.84 Å². The van der Waals surface area contributed by atoms with Crippen LogP contribution in [0.25, 0.3) is 0 Å². The molecular formula is C11H16N2O6. The first-order valence-corrected chi connectivity index (χ1v) is 5.77. The first kappa shape index (κ1) is 13.9. The lowest BCUT2D eigenvalue weighted by molar-refractivity contribution is -0.0234. The number of aliphatic hydroxyl groups is 3. The van der Waals surface area contributed by atoms with E-state index >= 15 is 0 Å². The van der Waals surface area contributed by atoms with Crippen LogP contribution in [0.2, 0.25) is 0 Å². The fourth-order valence-corrected chi connectivity index (χ4v) is 2.19. The number of ether oxygens (including phenoxy) is 1. The molecule has 0 spiro atoms. The average Bonchev–Trinajstić information content (AvgIpc) is 2.68. The number of aryl methyl sites for hydroxylation is 1. The van der Waals surface area contributed by atoms with E-state index in [1.165, 1.54) is 24.9 Å². The molecule has 0 amide bonds. The van der Waals surface area contributed by atoms with Crippen molar-refractivity contribution in [2.24, 2.45) is 14.1 Å². The third-order valence-corrected chi connectivity index (χ3v) is 3.32. The second-order valence-electron chi connectivity index (χ2n) is 4.60. The lowest BCUT2D eigenvalue weighted by Crippen LogP contribution is -2.40. The zero-order chi connectivity index (χ0) is 14.3. The van der Waals surface area contributed by atoms with Crippen molar-refractivity contribution in [3.63, 3.8) is 0 Å². The van der Waals surface area contributed by atoms with Gasteiger partial charge in [0.15, 0.2) is 0 Å². The summed E-state index contributed by atoms with van der Waals surface area (Å²) >= 11 is 0. The van der Waals surface area contributed by atoms with Crippen molar-refractivity contribution >= 4 is 0 Å². The van der Waals surface area contributed by atoms with Crippen LogP contribution < -0.4 is 11.2 Å². The van der Waals surface area contributed by atoms with Gasteiger partial charge in [0.25, 0.3) is 5.56 Å². The Morgan fingerprint density at radius 3 is 2.42 bits per heavy atom. The molecule has 0 saturated carbocycles. The van der Waals surface area contributed by atoms with Gasteiger partial charge in [0.05, 0.1) is 12.2 Å². The molecule has 0 aliphatic carbocycles. The van der Waals surface area contributed by atoms with E-state index < -0.39 is 42.3 Å². The van der Waals surface area contributed by atoms with Crippen LogP contribution >= 0.6 is 0 Å². The Hall–Kier alpha value is -1.48. The van der Waals surface area contributed by atoms with Crippen LogP contribution in [0.15, 0.2) is 15.8 Å². The lowest BCUT2D eigenvalue weighted by Gasteiger charge is -2.15. The molecule has 8 heteroatoms. The Bertz CT molecular complexity index is 592. The second-order valence-corrected chi connectivity index (χ2v) is 4.60. The van der Waals surface area contributed by atoms with Crippen LogP contribution in [0.1, 0.15) is 11.7 Å². The number of hydrogen-bond donors (Lipinski definition) is 3. The molecule has 3 N–H and O–H groups in total. The highest BCUT2D eigenvalue weighted by atomic mass is 16.6. The molecule has 1 aliphatic heterocycles. The van der Waals surface area contributed by atoms with Crippen molar-refractivity contribution < 1.29 is 20.1 Å². The lowest BCUT2D eigenvalue weighted by atomic mass is 10.0. The minimum absolute atomic E-state index is 0.0621. The SMILES string of the molecule is Cn1cc(C2OC(CO)C(O)[C@@H]2O)c(=O)n(C)c1=O. The standard InChI is InChI=1S/C11H16N2O6/c1-12-3-5(10(17)13(2)11(12)18)9-8(16)7(15)6(4-14)19-9/h3,6-9,14-16H,4H2,1-2H3/t6?,7?,8-,9?/m0/s1. The molecule has 1 saturated heterocycles. The van der Waals surface area contributed by atoms with Crippen molar-refractivity contribution in [3.8, 4) is 0 Å². The fourth-order valence-electron chi connectivity index (χ4n) is 2.19. The Balaban J connectivity index is 2.50. The Kier molecular flexibility index (Phi) is 3.59. The summed E-state index contributed by atoms with van der Waals surface area (Å²) in [5, 5.41) is 28.5. The van der Waals surface area contributed by atoms with Crippen LogP contribution in [0.4, 0.5) is 0 Å². The molecule has 2 rings (SSSR count). The maximum atomic E-state index is 12.0. The summed E-state index contributed by atoms with van der Waals surface area (Å²) in [6.07, 6.45) is -3.37. The van der Waals surface area contributed by atoms with Gasteiger partial charge in [-0.2, -0.15) is 0 Å². The highest BCUT2D eigenvalue weighted by Crippen LogP contribution is 2.31. The molecule has 1 aliphatic rings. The largest absolute Gasteiger partial charge is 0.394 e. The number of nitrogens with zero attached hydrogens (tertiary/aromatic N) is 2. The summed E-state index contributed by atoms with van der Waals surface area (Å²) in [4.78, 5) is 23.5. The van der Waals surface area contributed by atoms with Crippen LogP contribution in [0.5, 0.6) is 0 Å². The summed E-state index contributed by atoms with van der Waals surface area (Å²) in [6.45, 7) is -0.471. The van der Waals surface area contributed by atoms with Crippen LogP contribution in [-0.2, 0) is 18.8 Å². The molecule has 1 fully saturated rings. The van der Waals surface area contributed by atoms with Gasteiger partial charge in [0.2, 0.25) is 0 Å². The van der Waals surface area contributed by atoms with Crippen LogP contribution in [-0.4, -0.2) is 49.4 Å². The maximum absolute atomic E-state index is 12.0. The number of aliphatic hydroxyl groups excluding tert-OH is 3. The first-order chi connectivity index (χ1) is 8.88. The molecule has 4 atom stereocenters. The number of rotatable bonds is 2. The van der Waals surface area contributed by atoms with Gasteiger partial charge >= 0.3 is 5.69 Å². The second kappa shape index (κ2) is 4.89. The Morgan fingerprint density at radius 1 is 1.26 bits per heavy atom. The zero-order valence-electron chi connectivity index (χ0n) is 10.6. The van der Waals surface area contributed by atoms with Crippen molar-refractivity contribution in [1.82, 2.24) is 9.13 Å². The van der Waals surface area contributed by atoms with Crippen LogP contribution in [0.3, 0.4) is 0 Å². The minimum atomic E-state index is -1.33. The molecule has 0 bridgehead atoms. The smallest absolute Gasteiger partial charge is 0.330 e. The molecule has 106 valence electrons. The highest BCUT2D eigenvalue weighted by Gasteiger charge is 2.44. The molecule has 2 heterocycles. The number of aromatic nitrogens is 2. The molecular weight excluding hydrogens is 256 g/mol. The van der Waals surface area contributed by atoms with E-state index in [-0.39, 0.29) is 5.56 Å². The molecule has 0 aromatic carbocycles. The van der Waals surface area contributed by atoms with E-state index in [1.54, 1.807) is 0 Å². The van der Waals surface area contributed by atoms with Crippen molar-refractivity contribution in [1.29, 1.82) is 0 Å². The molecule has 8 nitrogen and oxygen atoms in total. The number of hydrogen-bond acceptors (Lipinski definition) is 6. The van der Waals surface area contributed by atoms with Gasteiger partial charge in [0, 0.05) is 20.3 Å². The van der Waals surface area contributed by atoms with E-state index in [2.05, 4.69) is 0 Å². The highest BCUT2D eigenvalue weighted by molar-refractivity contribution is 5.14. The predicted octanol–water partition coefficient (Wildman–Crippen LogP) is -2.76. The summed E-state index contributed by atoms with van der Waals surface area (Å²) in [5.41, 5.74) is -1.04. The van der Waals surface area contributed by atoms with Crippen molar-refractivity contribution in [2.45, 2.75) is 24.4 Å². The van der Waals surface area contributed by atoms with E-state index in [9.17, 15) is 19.8 Å². The normalized spacial score (nSPS) is 30.8. The van der Waals surface area contributed by atoms with E-state index in [0.29, 0.717) is 0 Å². The van der Waals surface area contributed by atoms with Gasteiger partial charge in [-0.3, -0.25) is 9.36 Å². The molecule has 3 unspecified atom stereocenters. The summed E-state index contributed by atoms with van der Waals surface area (Å²) in [6, 6.07) is 0. The van der Waals surface area contributed by atoms with Gasteiger partial charge in [-0.1, -0.05) is 0 Å². The minimum Gasteiger partial charge on any atom is -0.394 e. The van der Waals surface area contributed by atoms with E-state index in [0.717, 1.165) is 4.57 Å². The maximum Gasteiger partial charge on any atom is 0.330 e. The van der Waals surface area contributed by atoms with Crippen molar-refractivity contribution in [3.05, 3.63) is 32.6 Å². The summed E-state index contributed by atoms with van der Waals surface area (Å²) < 4.78 is 7.35. The third kappa shape index (κ3) is 2.12. The first-order valence-electron chi connectivity index (χ1n) is 5.77. The van der Waals surface area contributed by atoms with Gasteiger partial charge in [0.1, 0.15) is 24.4 Å². The quantitative estimate of drug-likeness (QED) is 0.537. The molecule has 0 radical (unpaired) electrons. The summed E-state index contributed by atoms with van der Waals surface area (Å²) in [5.74, 6) is 0. The third-order valence-electron chi connectivity index (χ3n) is 3.32. The monoisotopic (exact) mass is 272 g/mol. The fraction of sp³-hybridized carbons (Fsp3) is 0.636. The topological polar surface area (TPSA) is 114 Å². The van der Waals surface area contributed by atoms with Gasteiger partial charge < -0.3 is 24.6 Å². The molecule has 1 aromatic heterocycles. The van der Waals surface area contributed by atoms with Crippen molar-refractivity contribution in [2.75, 3.05) is 6.61 Å². The van der Waals surface area contributed by atoms with Crippen LogP contribution in [0, 0.1) is 0 Å². The van der Waals surface area contributed by atoms with E-state index in [1.807, 2.05) is 0 Å². The zero-order valence-corrected chi connectivity index (χ0v) is 10.6. The van der Waals surface area contributed by atoms with Gasteiger partial charge in [-0.25, -0.2) is 4.79 Å². The summed E-state index contributed by atoms with van der Waals surface area (Å²) in [7, 11) is 2.78. The molecule has 1 aromatic rings. The molecule has 19 heavy (non-hydrogen) atoms. The van der Waals surface area contributed by atoms with Gasteiger partial charge in [-0.15, -0.1) is 0 Å². The Morgan fingerprint density at radius 2 is 1.89 bits per heavy atom. The average molecular weight is 272 g/mol. The predicted molar refractivity (Wildman–Crippen MR) is 63.6 cm³/mol. The van der Waals surface area contributed by atoms with Gasteiger partial charge in [-0.05, 0) is 0 Å². The Labute approximate surface area is 108 Å².